The monoisotopic (exact) mass is 535 g/mol. The van der Waals surface area contributed by atoms with E-state index in [9.17, 15) is 17.6 Å². The number of carbonyl (C=O) groups excluding carboxylic acids is 1. The van der Waals surface area contributed by atoms with Gasteiger partial charge < -0.3 is 9.30 Å². The third-order valence-electron chi connectivity index (χ3n) is 5.42. The number of hydrogen-bond donors (Lipinski definition) is 1. The van der Waals surface area contributed by atoms with E-state index in [-0.39, 0.29) is 10.8 Å². The summed E-state index contributed by atoms with van der Waals surface area (Å²) in [6, 6.07) is 9.31. The van der Waals surface area contributed by atoms with Crippen LogP contribution in [0.2, 0.25) is 0 Å². The van der Waals surface area contributed by atoms with Crippen molar-refractivity contribution in [3.05, 3.63) is 59.0 Å². The molecule has 0 aliphatic heterocycles. The first-order valence-corrected chi connectivity index (χ1v) is 14.3. The first-order valence-electron chi connectivity index (χ1n) is 12.0. The standard InChI is InChI=1S/C26H34FN3O4S2/c1-6-7-14-34-25(31)29-36(32,33)23-22(16-21(35-23)15-18(2)3)20-10-8-19(9-11-20)17-30-13-12-28-24(30)26(4,5)27/h8-13,16,18H,6-7,14-15,17H2,1-5H3,(H,29,31). The molecule has 1 N–H and O–H groups in total. The number of ether oxygens (including phenoxy) is 1. The molecular weight excluding hydrogens is 501 g/mol. The largest absolute Gasteiger partial charge is 0.449 e. The normalized spacial score (nSPS) is 12.2. The van der Waals surface area contributed by atoms with E-state index >= 15 is 0 Å². The van der Waals surface area contributed by atoms with Gasteiger partial charge in [-0.05, 0) is 49.8 Å². The van der Waals surface area contributed by atoms with Crippen LogP contribution in [-0.4, -0.2) is 30.7 Å². The van der Waals surface area contributed by atoms with Crippen LogP contribution in [0.15, 0.2) is 46.9 Å². The van der Waals surface area contributed by atoms with Gasteiger partial charge in [0.2, 0.25) is 0 Å². The van der Waals surface area contributed by atoms with Crippen molar-refractivity contribution in [2.75, 3.05) is 6.61 Å². The maximum atomic E-state index is 14.5. The topological polar surface area (TPSA) is 90.3 Å². The lowest BCUT2D eigenvalue weighted by atomic mass is 10.0. The Morgan fingerprint density at radius 1 is 1.25 bits per heavy atom. The van der Waals surface area contributed by atoms with Gasteiger partial charge in [0.05, 0.1) is 6.61 Å². The average molecular weight is 536 g/mol. The molecule has 0 bridgehead atoms. The van der Waals surface area contributed by atoms with Gasteiger partial charge in [-0.2, -0.15) is 0 Å². The zero-order valence-corrected chi connectivity index (χ0v) is 23.0. The molecule has 2 aromatic heterocycles. The number of nitrogens with one attached hydrogen (secondary N) is 1. The van der Waals surface area contributed by atoms with Gasteiger partial charge in [0.1, 0.15) is 10.0 Å². The van der Waals surface area contributed by atoms with Gasteiger partial charge >= 0.3 is 6.09 Å². The number of rotatable bonds is 11. The van der Waals surface area contributed by atoms with E-state index in [1.165, 1.54) is 13.8 Å². The minimum Gasteiger partial charge on any atom is -0.449 e. The lowest BCUT2D eigenvalue weighted by Gasteiger charge is -2.16. The Hall–Kier alpha value is -2.72. The van der Waals surface area contributed by atoms with Crippen LogP contribution in [-0.2, 0) is 33.4 Å². The highest BCUT2D eigenvalue weighted by Crippen LogP contribution is 2.36. The lowest BCUT2D eigenvalue weighted by Crippen LogP contribution is -2.31. The van der Waals surface area contributed by atoms with Gasteiger partial charge in [0.15, 0.2) is 5.67 Å². The number of halogens is 1. The quantitative estimate of drug-likeness (QED) is 0.292. The van der Waals surface area contributed by atoms with Crippen molar-refractivity contribution in [3.63, 3.8) is 0 Å². The molecule has 0 fully saturated rings. The highest BCUT2D eigenvalue weighted by molar-refractivity contribution is 7.92. The summed E-state index contributed by atoms with van der Waals surface area (Å²) < 4.78 is 49.6. The molecule has 0 unspecified atom stereocenters. The second kappa shape index (κ2) is 11.6. The van der Waals surface area contributed by atoms with Crippen molar-refractivity contribution in [3.8, 4) is 11.1 Å². The Morgan fingerprint density at radius 2 is 1.94 bits per heavy atom. The average Bonchev–Trinajstić information content (AvgIpc) is 3.41. The minimum atomic E-state index is -4.12. The number of unbranched alkanes of at least 4 members (excludes halogenated alkanes) is 1. The summed E-state index contributed by atoms with van der Waals surface area (Å²) in [5, 5.41) is 0. The Morgan fingerprint density at radius 3 is 2.56 bits per heavy atom. The number of hydrogen-bond acceptors (Lipinski definition) is 6. The highest BCUT2D eigenvalue weighted by Gasteiger charge is 2.27. The number of benzene rings is 1. The first kappa shape index (κ1) is 27.9. The van der Waals surface area contributed by atoms with Crippen molar-refractivity contribution in [1.82, 2.24) is 14.3 Å². The van der Waals surface area contributed by atoms with Crippen LogP contribution in [0.5, 0.6) is 0 Å². The van der Waals surface area contributed by atoms with Crippen LogP contribution in [0.4, 0.5) is 9.18 Å². The molecule has 0 aliphatic rings. The Labute approximate surface area is 216 Å². The summed E-state index contributed by atoms with van der Waals surface area (Å²) in [5.74, 6) is 0.679. The number of amides is 1. The summed E-state index contributed by atoms with van der Waals surface area (Å²) in [4.78, 5) is 17.1. The Kier molecular flexibility index (Phi) is 8.94. The molecule has 0 spiro atoms. The summed E-state index contributed by atoms with van der Waals surface area (Å²) in [7, 11) is -4.12. The number of alkyl halides is 1. The van der Waals surface area contributed by atoms with Gasteiger partial charge in [0, 0.05) is 29.4 Å². The molecule has 36 heavy (non-hydrogen) atoms. The minimum absolute atomic E-state index is 0.0782. The second-order valence-corrected chi connectivity index (χ2v) is 12.7. The fourth-order valence-electron chi connectivity index (χ4n) is 3.76. The molecule has 0 radical (unpaired) electrons. The maximum Gasteiger partial charge on any atom is 0.421 e. The summed E-state index contributed by atoms with van der Waals surface area (Å²) in [5.41, 5.74) is 0.591. The molecule has 10 heteroatoms. The number of thiophene rings is 1. The molecule has 3 rings (SSSR count). The van der Waals surface area contributed by atoms with E-state index < -0.39 is 21.8 Å². The number of aromatic nitrogens is 2. The van der Waals surface area contributed by atoms with E-state index in [1.54, 1.807) is 17.0 Å². The van der Waals surface area contributed by atoms with E-state index in [0.29, 0.717) is 42.3 Å². The summed E-state index contributed by atoms with van der Waals surface area (Å²) >= 11 is 1.16. The van der Waals surface area contributed by atoms with Gasteiger partial charge in [-0.3, -0.25) is 0 Å². The molecule has 1 amide bonds. The fraction of sp³-hybridized carbons (Fsp3) is 0.462. The molecular formula is C26H34FN3O4S2. The third kappa shape index (κ3) is 7.16. The number of sulfonamides is 1. The molecule has 1 aromatic carbocycles. The van der Waals surface area contributed by atoms with Crippen LogP contribution in [0.3, 0.4) is 0 Å². The van der Waals surface area contributed by atoms with Crippen LogP contribution in [0.25, 0.3) is 11.1 Å². The predicted molar refractivity (Wildman–Crippen MR) is 140 cm³/mol. The van der Waals surface area contributed by atoms with Crippen molar-refractivity contribution in [2.24, 2.45) is 5.92 Å². The van der Waals surface area contributed by atoms with Crippen molar-refractivity contribution in [2.45, 2.75) is 70.3 Å². The number of carbonyl (C=O) groups is 1. The zero-order valence-electron chi connectivity index (χ0n) is 21.4. The van der Waals surface area contributed by atoms with Crippen LogP contribution >= 0.6 is 11.3 Å². The number of imidazole rings is 1. The zero-order chi connectivity index (χ0) is 26.5. The Balaban J connectivity index is 1.89. The van der Waals surface area contributed by atoms with Gasteiger partial charge in [-0.25, -0.2) is 27.3 Å². The van der Waals surface area contributed by atoms with E-state index in [1.807, 2.05) is 42.0 Å². The number of nitrogens with zero attached hydrogens (tertiary/aromatic N) is 2. The molecule has 2 heterocycles. The molecule has 7 nitrogen and oxygen atoms in total. The second-order valence-electron chi connectivity index (χ2n) is 9.65. The first-order chi connectivity index (χ1) is 16.9. The van der Waals surface area contributed by atoms with Crippen LogP contribution < -0.4 is 4.72 Å². The smallest absolute Gasteiger partial charge is 0.421 e. The lowest BCUT2D eigenvalue weighted by molar-refractivity contribution is 0.151. The predicted octanol–water partition coefficient (Wildman–Crippen LogP) is 6.28. The van der Waals surface area contributed by atoms with Crippen molar-refractivity contribution in [1.29, 1.82) is 0 Å². The van der Waals surface area contributed by atoms with E-state index in [0.717, 1.165) is 28.2 Å². The van der Waals surface area contributed by atoms with E-state index in [4.69, 9.17) is 4.74 Å². The van der Waals surface area contributed by atoms with Gasteiger partial charge in [0.25, 0.3) is 10.0 Å². The maximum absolute atomic E-state index is 14.5. The summed E-state index contributed by atoms with van der Waals surface area (Å²) in [6.07, 6.45) is 4.54. The van der Waals surface area contributed by atoms with Crippen LogP contribution in [0, 0.1) is 5.92 Å². The third-order valence-corrected chi connectivity index (χ3v) is 8.42. The molecule has 0 aliphatic carbocycles. The van der Waals surface area contributed by atoms with Crippen molar-refractivity contribution < 1.29 is 22.3 Å². The van der Waals surface area contributed by atoms with Gasteiger partial charge in [-0.15, -0.1) is 11.3 Å². The molecule has 196 valence electrons. The SMILES string of the molecule is CCCCOC(=O)NS(=O)(=O)c1sc(CC(C)C)cc1-c1ccc(Cn2ccnc2C(C)(C)F)cc1. The fourth-order valence-corrected chi connectivity index (χ4v) is 6.60. The highest BCUT2D eigenvalue weighted by atomic mass is 32.2. The van der Waals surface area contributed by atoms with Crippen LogP contribution in [0.1, 0.15) is 63.7 Å². The molecule has 0 atom stereocenters. The molecule has 3 aromatic rings. The summed E-state index contributed by atoms with van der Waals surface area (Å²) in [6.45, 7) is 9.61. The van der Waals surface area contributed by atoms with Crippen molar-refractivity contribution >= 4 is 27.5 Å². The Bertz CT molecular complexity index is 1270. The molecule has 0 saturated carbocycles. The molecule has 0 saturated heterocycles. The van der Waals surface area contributed by atoms with E-state index in [2.05, 4.69) is 18.8 Å². The van der Waals surface area contributed by atoms with Gasteiger partial charge in [-0.1, -0.05) is 51.5 Å².